The van der Waals surface area contributed by atoms with Crippen molar-refractivity contribution in [2.45, 2.75) is 25.6 Å². The maximum Gasteiger partial charge on any atom is 0.242 e. The Bertz CT molecular complexity index is 441. The molecule has 0 aromatic carbocycles. The van der Waals surface area contributed by atoms with Crippen molar-refractivity contribution in [3.63, 3.8) is 0 Å². The Morgan fingerprint density at radius 3 is 3.00 bits per heavy atom. The predicted octanol–water partition coefficient (Wildman–Crippen LogP) is 1.79. The minimum Gasteiger partial charge on any atom is -0.309 e. The Morgan fingerprint density at radius 2 is 2.41 bits per heavy atom. The number of hydrogen-bond acceptors (Lipinski definition) is 3. The lowest BCUT2D eigenvalue weighted by atomic mass is 10.2. The second kappa shape index (κ2) is 5.10. The molecule has 1 fully saturated rings. The number of rotatable bonds is 2. The van der Waals surface area contributed by atoms with Crippen LogP contribution in [0.5, 0.6) is 0 Å². The quantitative estimate of drug-likeness (QED) is 0.819. The van der Waals surface area contributed by atoms with E-state index in [9.17, 15) is 9.18 Å². The second-order valence-electron chi connectivity index (χ2n) is 4.09. The zero-order chi connectivity index (χ0) is 12.4. The molecule has 2 heterocycles. The summed E-state index contributed by atoms with van der Waals surface area (Å²) in [5, 5.41) is 5.49. The van der Waals surface area contributed by atoms with Gasteiger partial charge in [0.1, 0.15) is 16.6 Å². The number of aromatic nitrogens is 1. The summed E-state index contributed by atoms with van der Waals surface area (Å²) < 4.78 is 13.6. The maximum atomic E-state index is 12.9. The molecule has 1 amide bonds. The van der Waals surface area contributed by atoms with Crippen LogP contribution in [0.4, 0.5) is 10.2 Å². The molecule has 0 radical (unpaired) electrons. The molecule has 2 rings (SSSR count). The number of anilines is 1. The van der Waals surface area contributed by atoms with Crippen molar-refractivity contribution in [2.24, 2.45) is 0 Å². The number of amides is 1. The number of nitrogens with zero attached hydrogens (tertiary/aromatic N) is 1. The number of pyridine rings is 1. The van der Waals surface area contributed by atoms with E-state index < -0.39 is 12.2 Å². The topological polar surface area (TPSA) is 54.0 Å². The zero-order valence-electron chi connectivity index (χ0n) is 9.34. The van der Waals surface area contributed by atoms with Crippen LogP contribution in [0.15, 0.2) is 16.7 Å². The fraction of sp³-hybridized carbons (Fsp3) is 0.455. The third-order valence-corrected chi connectivity index (χ3v) is 3.48. The lowest BCUT2D eigenvalue weighted by Crippen LogP contribution is -2.35. The van der Waals surface area contributed by atoms with Crippen molar-refractivity contribution in [3.05, 3.63) is 22.3 Å². The SMILES string of the molecule is Cc1ccc(NC(=O)[C@@H]2C[C@@H](F)CN2)nc1Br. The molecule has 0 aliphatic carbocycles. The van der Waals surface area contributed by atoms with Gasteiger partial charge in [-0.15, -0.1) is 0 Å². The fourth-order valence-corrected chi connectivity index (χ4v) is 2.00. The van der Waals surface area contributed by atoms with E-state index in [2.05, 4.69) is 31.5 Å². The van der Waals surface area contributed by atoms with Gasteiger partial charge in [-0.05, 0) is 34.5 Å². The van der Waals surface area contributed by atoms with E-state index >= 15 is 0 Å². The third-order valence-electron chi connectivity index (χ3n) is 2.68. The van der Waals surface area contributed by atoms with Gasteiger partial charge in [0.25, 0.3) is 0 Å². The molecule has 6 heteroatoms. The highest BCUT2D eigenvalue weighted by atomic mass is 79.9. The Hall–Kier alpha value is -1.01. The first-order valence-electron chi connectivity index (χ1n) is 5.37. The average Bonchev–Trinajstić information content (AvgIpc) is 2.70. The number of carbonyl (C=O) groups excluding carboxylic acids is 1. The minimum atomic E-state index is -0.941. The molecule has 1 aromatic heterocycles. The molecule has 2 N–H and O–H groups in total. The van der Waals surface area contributed by atoms with Crippen molar-refractivity contribution in [3.8, 4) is 0 Å². The molecule has 92 valence electrons. The molecule has 0 unspecified atom stereocenters. The molecule has 0 saturated carbocycles. The summed E-state index contributed by atoms with van der Waals surface area (Å²) in [7, 11) is 0. The van der Waals surface area contributed by atoms with Crippen molar-refractivity contribution in [2.75, 3.05) is 11.9 Å². The van der Waals surface area contributed by atoms with E-state index in [1.807, 2.05) is 13.0 Å². The Balaban J connectivity index is 2.00. The van der Waals surface area contributed by atoms with Gasteiger partial charge in [-0.1, -0.05) is 6.07 Å². The van der Waals surface area contributed by atoms with E-state index in [4.69, 9.17) is 0 Å². The molecule has 1 aliphatic rings. The molecular formula is C11H13BrFN3O. The second-order valence-corrected chi connectivity index (χ2v) is 4.84. The van der Waals surface area contributed by atoms with Crippen LogP contribution in [-0.2, 0) is 4.79 Å². The standard InChI is InChI=1S/C11H13BrFN3O/c1-6-2-3-9(15-10(6)12)16-11(17)8-4-7(13)5-14-8/h2-3,7-8,14H,4-5H2,1H3,(H,15,16,17)/t7-,8+/m1/s1. The largest absolute Gasteiger partial charge is 0.309 e. The molecule has 4 nitrogen and oxygen atoms in total. The number of alkyl halides is 1. The van der Waals surface area contributed by atoms with Crippen LogP contribution in [0.2, 0.25) is 0 Å². The van der Waals surface area contributed by atoms with E-state index in [0.717, 1.165) is 5.56 Å². The van der Waals surface area contributed by atoms with E-state index in [1.165, 1.54) is 0 Å². The maximum absolute atomic E-state index is 12.9. The van der Waals surface area contributed by atoms with Gasteiger partial charge < -0.3 is 10.6 Å². The van der Waals surface area contributed by atoms with Crippen LogP contribution >= 0.6 is 15.9 Å². The van der Waals surface area contributed by atoms with Gasteiger partial charge in [0.05, 0.1) is 6.04 Å². The van der Waals surface area contributed by atoms with Crippen LogP contribution in [0.3, 0.4) is 0 Å². The van der Waals surface area contributed by atoms with Gasteiger partial charge in [-0.2, -0.15) is 0 Å². The summed E-state index contributed by atoms with van der Waals surface area (Å²) >= 11 is 3.29. The highest BCUT2D eigenvalue weighted by molar-refractivity contribution is 9.10. The zero-order valence-corrected chi connectivity index (χ0v) is 10.9. The summed E-state index contributed by atoms with van der Waals surface area (Å²) in [6.07, 6.45) is -0.720. The molecule has 0 spiro atoms. The molecule has 17 heavy (non-hydrogen) atoms. The summed E-state index contributed by atoms with van der Waals surface area (Å²) in [4.78, 5) is 15.9. The summed E-state index contributed by atoms with van der Waals surface area (Å²) in [6.45, 7) is 2.15. The molecule has 1 aromatic rings. The van der Waals surface area contributed by atoms with Crippen molar-refractivity contribution in [1.82, 2.24) is 10.3 Å². The first-order chi connectivity index (χ1) is 8.06. The molecule has 1 aliphatic heterocycles. The first-order valence-corrected chi connectivity index (χ1v) is 6.17. The van der Waals surface area contributed by atoms with Gasteiger partial charge in [-0.25, -0.2) is 9.37 Å². The van der Waals surface area contributed by atoms with Gasteiger partial charge >= 0.3 is 0 Å². The van der Waals surface area contributed by atoms with Crippen LogP contribution in [0.1, 0.15) is 12.0 Å². The number of hydrogen-bond donors (Lipinski definition) is 2. The van der Waals surface area contributed by atoms with Crippen LogP contribution in [-0.4, -0.2) is 29.6 Å². The van der Waals surface area contributed by atoms with E-state index in [1.54, 1.807) is 6.07 Å². The van der Waals surface area contributed by atoms with Gasteiger partial charge in [0.15, 0.2) is 0 Å². The molecule has 1 saturated heterocycles. The number of aryl methyl sites for hydroxylation is 1. The van der Waals surface area contributed by atoms with Crippen LogP contribution in [0.25, 0.3) is 0 Å². The smallest absolute Gasteiger partial charge is 0.242 e. The van der Waals surface area contributed by atoms with Crippen LogP contribution in [0, 0.1) is 6.92 Å². The number of halogens is 2. The lowest BCUT2D eigenvalue weighted by Gasteiger charge is -2.10. The van der Waals surface area contributed by atoms with Crippen LogP contribution < -0.4 is 10.6 Å². The monoisotopic (exact) mass is 301 g/mol. The third kappa shape index (κ3) is 3.01. The normalized spacial score (nSPS) is 23.7. The lowest BCUT2D eigenvalue weighted by molar-refractivity contribution is -0.117. The highest BCUT2D eigenvalue weighted by Crippen LogP contribution is 2.17. The summed E-state index contributed by atoms with van der Waals surface area (Å²) in [5.74, 6) is 0.227. The van der Waals surface area contributed by atoms with Gasteiger partial charge in [0, 0.05) is 13.0 Å². The molecular weight excluding hydrogens is 289 g/mol. The van der Waals surface area contributed by atoms with E-state index in [-0.39, 0.29) is 18.9 Å². The average molecular weight is 302 g/mol. The number of nitrogens with one attached hydrogen (secondary N) is 2. The summed E-state index contributed by atoms with van der Waals surface area (Å²) in [6, 6.07) is 3.11. The van der Waals surface area contributed by atoms with Crippen molar-refractivity contribution in [1.29, 1.82) is 0 Å². The Morgan fingerprint density at radius 1 is 1.65 bits per heavy atom. The fourth-order valence-electron chi connectivity index (χ4n) is 1.68. The summed E-state index contributed by atoms with van der Waals surface area (Å²) in [5.41, 5.74) is 0.991. The first kappa shape index (κ1) is 12.4. The molecule has 0 bridgehead atoms. The van der Waals surface area contributed by atoms with Gasteiger partial charge in [0.2, 0.25) is 5.91 Å². The Kier molecular flexibility index (Phi) is 3.73. The predicted molar refractivity (Wildman–Crippen MR) is 66.6 cm³/mol. The Labute approximate surface area is 107 Å². The highest BCUT2D eigenvalue weighted by Gasteiger charge is 2.29. The van der Waals surface area contributed by atoms with Crippen molar-refractivity contribution < 1.29 is 9.18 Å². The minimum absolute atomic E-state index is 0.221. The van der Waals surface area contributed by atoms with Gasteiger partial charge in [-0.3, -0.25) is 4.79 Å². The van der Waals surface area contributed by atoms with Crippen molar-refractivity contribution >= 4 is 27.7 Å². The molecule has 2 atom stereocenters. The number of carbonyl (C=O) groups is 1. The van der Waals surface area contributed by atoms with E-state index in [0.29, 0.717) is 10.4 Å².